The summed E-state index contributed by atoms with van der Waals surface area (Å²) in [6.45, 7) is 1.91. The Balaban J connectivity index is 1.59. The summed E-state index contributed by atoms with van der Waals surface area (Å²) in [5.41, 5.74) is 0.00970. The van der Waals surface area contributed by atoms with Crippen LogP contribution < -0.4 is 5.32 Å². The molecule has 1 N–H and O–H groups in total. The number of halogens is 3. The van der Waals surface area contributed by atoms with Crippen molar-refractivity contribution < 1.29 is 22.8 Å². The van der Waals surface area contributed by atoms with E-state index < -0.39 is 17.5 Å². The maximum absolute atomic E-state index is 12.8. The van der Waals surface area contributed by atoms with E-state index in [0.29, 0.717) is 15.9 Å². The molecule has 0 spiro atoms. The fourth-order valence-corrected chi connectivity index (χ4v) is 4.50. The van der Waals surface area contributed by atoms with Crippen LogP contribution in [0.15, 0.2) is 58.9 Å². The summed E-state index contributed by atoms with van der Waals surface area (Å²) in [5, 5.41) is 10.9. The number of Topliss-reactive ketones (excluding diaryl/α,β-unsaturated/α-hetero) is 1. The van der Waals surface area contributed by atoms with Crippen molar-refractivity contribution in [1.82, 2.24) is 10.2 Å². The number of rotatable bonds is 8. The molecule has 0 radical (unpaired) electrons. The number of hydrogen-bond acceptors (Lipinski definition) is 6. The SMILES string of the molecule is CCC(C(=O)Nc1nnc(SCC(=O)c2cccc(C(F)(F)F)c2)s1)c1ccccc1. The molecule has 1 atom stereocenters. The smallest absolute Gasteiger partial charge is 0.300 e. The Morgan fingerprint density at radius 2 is 1.84 bits per heavy atom. The van der Waals surface area contributed by atoms with Crippen molar-refractivity contribution in [2.75, 3.05) is 11.1 Å². The molecule has 0 aliphatic rings. The summed E-state index contributed by atoms with van der Waals surface area (Å²) in [5.74, 6) is -1.08. The van der Waals surface area contributed by atoms with Crippen molar-refractivity contribution >= 4 is 39.9 Å². The van der Waals surface area contributed by atoms with Crippen LogP contribution in [0.3, 0.4) is 0 Å². The van der Waals surface area contributed by atoms with Crippen molar-refractivity contribution in [3.63, 3.8) is 0 Å². The van der Waals surface area contributed by atoms with Crippen molar-refractivity contribution in [2.45, 2.75) is 29.8 Å². The van der Waals surface area contributed by atoms with Gasteiger partial charge in [0, 0.05) is 5.56 Å². The Morgan fingerprint density at radius 3 is 2.52 bits per heavy atom. The first-order valence-corrected chi connectivity index (χ1v) is 11.1. The molecule has 31 heavy (non-hydrogen) atoms. The summed E-state index contributed by atoms with van der Waals surface area (Å²) in [6.07, 6.45) is -3.90. The van der Waals surface area contributed by atoms with E-state index in [1.807, 2.05) is 37.3 Å². The molecule has 3 rings (SSSR count). The minimum Gasteiger partial charge on any atom is -0.300 e. The molecule has 1 heterocycles. The lowest BCUT2D eigenvalue weighted by Crippen LogP contribution is -2.20. The topological polar surface area (TPSA) is 72.0 Å². The maximum atomic E-state index is 12.8. The molecular weight excluding hydrogens is 447 g/mol. The zero-order chi connectivity index (χ0) is 22.4. The number of nitrogens with one attached hydrogen (secondary N) is 1. The largest absolute Gasteiger partial charge is 0.416 e. The Hall–Kier alpha value is -2.72. The molecule has 5 nitrogen and oxygen atoms in total. The highest BCUT2D eigenvalue weighted by Crippen LogP contribution is 2.31. The Bertz CT molecular complexity index is 1060. The van der Waals surface area contributed by atoms with Crippen LogP contribution in [0.25, 0.3) is 0 Å². The summed E-state index contributed by atoms with van der Waals surface area (Å²) < 4.78 is 38.9. The second-order valence-corrected chi connectivity index (χ2v) is 8.72. The lowest BCUT2D eigenvalue weighted by Gasteiger charge is -2.13. The third-order valence-electron chi connectivity index (χ3n) is 4.40. The van der Waals surface area contributed by atoms with Crippen LogP contribution in [0, 0.1) is 0 Å². The van der Waals surface area contributed by atoms with Gasteiger partial charge in [0.2, 0.25) is 11.0 Å². The number of hydrogen-bond donors (Lipinski definition) is 1. The number of aromatic nitrogens is 2. The number of benzene rings is 2. The second kappa shape index (κ2) is 10.1. The summed E-state index contributed by atoms with van der Waals surface area (Å²) in [4.78, 5) is 24.9. The first-order valence-electron chi connectivity index (χ1n) is 9.30. The summed E-state index contributed by atoms with van der Waals surface area (Å²) in [6, 6.07) is 13.7. The molecule has 0 saturated carbocycles. The number of alkyl halides is 3. The first-order chi connectivity index (χ1) is 14.8. The van der Waals surface area contributed by atoms with Crippen LogP contribution in [0.4, 0.5) is 18.3 Å². The van der Waals surface area contributed by atoms with Gasteiger partial charge in [0.15, 0.2) is 10.1 Å². The Kier molecular flexibility index (Phi) is 7.45. The van der Waals surface area contributed by atoms with Gasteiger partial charge in [-0.25, -0.2) is 0 Å². The lowest BCUT2D eigenvalue weighted by molar-refractivity contribution is -0.137. The average molecular weight is 466 g/mol. The molecule has 1 aromatic heterocycles. The van der Waals surface area contributed by atoms with Crippen LogP contribution in [-0.2, 0) is 11.0 Å². The minimum absolute atomic E-state index is 0.0194. The summed E-state index contributed by atoms with van der Waals surface area (Å²) in [7, 11) is 0. The number of nitrogens with zero attached hydrogens (tertiary/aromatic N) is 2. The third-order valence-corrected chi connectivity index (χ3v) is 6.37. The van der Waals surface area contributed by atoms with Crippen LogP contribution in [0.1, 0.15) is 40.7 Å². The van der Waals surface area contributed by atoms with Gasteiger partial charge in [-0.3, -0.25) is 14.9 Å². The van der Waals surface area contributed by atoms with Crippen LogP contribution in [-0.4, -0.2) is 27.6 Å². The van der Waals surface area contributed by atoms with Crippen LogP contribution >= 0.6 is 23.1 Å². The zero-order valence-electron chi connectivity index (χ0n) is 16.3. The number of carbonyl (C=O) groups is 2. The van der Waals surface area contributed by atoms with E-state index in [9.17, 15) is 22.8 Å². The van der Waals surface area contributed by atoms with Crippen molar-refractivity contribution in [3.05, 3.63) is 71.3 Å². The van der Waals surface area contributed by atoms with Gasteiger partial charge in [-0.2, -0.15) is 13.2 Å². The molecule has 1 amide bonds. The minimum atomic E-state index is -4.51. The highest BCUT2D eigenvalue weighted by molar-refractivity contribution is 8.01. The predicted molar refractivity (Wildman–Crippen MR) is 115 cm³/mol. The van der Waals surface area contributed by atoms with Crippen molar-refractivity contribution in [2.24, 2.45) is 0 Å². The third kappa shape index (κ3) is 6.14. The average Bonchev–Trinajstić information content (AvgIpc) is 3.20. The predicted octanol–water partition coefficient (Wildman–Crippen LogP) is 5.66. The van der Waals surface area contributed by atoms with Gasteiger partial charge in [0.05, 0.1) is 17.2 Å². The molecule has 162 valence electrons. The van der Waals surface area contributed by atoms with Crippen LogP contribution in [0.2, 0.25) is 0 Å². The van der Waals surface area contributed by atoms with Crippen molar-refractivity contribution in [3.8, 4) is 0 Å². The lowest BCUT2D eigenvalue weighted by atomic mass is 9.96. The van der Waals surface area contributed by atoms with E-state index in [-0.39, 0.29) is 23.1 Å². The molecule has 0 saturated heterocycles. The summed E-state index contributed by atoms with van der Waals surface area (Å²) >= 11 is 2.16. The number of ketones is 1. The number of carbonyl (C=O) groups excluding carboxylic acids is 2. The maximum Gasteiger partial charge on any atom is 0.416 e. The van der Waals surface area contributed by atoms with Crippen molar-refractivity contribution in [1.29, 1.82) is 0 Å². The van der Waals surface area contributed by atoms with Gasteiger partial charge in [-0.1, -0.05) is 72.5 Å². The van der Waals surface area contributed by atoms with E-state index in [4.69, 9.17) is 0 Å². The van der Waals surface area contributed by atoms with E-state index >= 15 is 0 Å². The van der Waals surface area contributed by atoms with Crippen LogP contribution in [0.5, 0.6) is 0 Å². The van der Waals surface area contributed by atoms with Gasteiger partial charge in [0.1, 0.15) is 0 Å². The van der Waals surface area contributed by atoms with E-state index in [2.05, 4.69) is 15.5 Å². The highest BCUT2D eigenvalue weighted by atomic mass is 32.2. The van der Waals surface area contributed by atoms with E-state index in [0.717, 1.165) is 40.8 Å². The monoisotopic (exact) mass is 465 g/mol. The fraction of sp³-hybridized carbons (Fsp3) is 0.238. The van der Waals surface area contributed by atoms with Gasteiger partial charge < -0.3 is 0 Å². The van der Waals surface area contributed by atoms with Gasteiger partial charge >= 0.3 is 6.18 Å². The Labute approximate surface area is 185 Å². The molecule has 0 bridgehead atoms. The molecule has 3 aromatic rings. The molecule has 0 aliphatic heterocycles. The molecule has 0 fully saturated rings. The molecular formula is C21H18F3N3O2S2. The quantitative estimate of drug-likeness (QED) is 0.264. The Morgan fingerprint density at radius 1 is 1.10 bits per heavy atom. The van der Waals surface area contributed by atoms with Gasteiger partial charge in [-0.15, -0.1) is 10.2 Å². The number of thioether (sulfide) groups is 1. The first kappa shape index (κ1) is 23.0. The zero-order valence-corrected chi connectivity index (χ0v) is 18.0. The number of anilines is 1. The van der Waals surface area contributed by atoms with E-state index in [1.54, 1.807) is 0 Å². The standard InChI is InChI=1S/C21H18F3N3O2S2/c1-2-16(13-7-4-3-5-8-13)18(29)25-19-26-27-20(31-19)30-12-17(28)14-9-6-10-15(11-14)21(22,23)24/h3-11,16H,2,12H2,1H3,(H,25,26,29). The molecule has 1 unspecified atom stereocenters. The molecule has 2 aromatic carbocycles. The normalized spacial score (nSPS) is 12.4. The molecule has 0 aliphatic carbocycles. The highest BCUT2D eigenvalue weighted by Gasteiger charge is 2.30. The van der Waals surface area contributed by atoms with Gasteiger partial charge in [-0.05, 0) is 24.1 Å². The fourth-order valence-electron chi connectivity index (χ4n) is 2.85. The molecule has 10 heteroatoms. The van der Waals surface area contributed by atoms with E-state index in [1.165, 1.54) is 12.1 Å². The van der Waals surface area contributed by atoms with Gasteiger partial charge in [0.25, 0.3) is 0 Å². The number of amides is 1. The second-order valence-electron chi connectivity index (χ2n) is 6.52.